The fourth-order valence-electron chi connectivity index (χ4n) is 3.40. The minimum Gasteiger partial charge on any atom is -0.756 e. The van der Waals surface area contributed by atoms with Crippen LogP contribution in [0.2, 0.25) is 0 Å². The van der Waals surface area contributed by atoms with Crippen LogP contribution >= 0.6 is 7.82 Å². The van der Waals surface area contributed by atoms with Crippen LogP contribution in [-0.4, -0.2) is 54.6 Å². The summed E-state index contributed by atoms with van der Waals surface area (Å²) in [4.78, 5) is 27.8. The van der Waals surface area contributed by atoms with E-state index < -0.39 is 39.0 Å². The molecule has 154 valence electrons. The number of anilines is 1. The number of phosphoric ester groups is 1. The number of fused-ring (bicyclic) bond motifs is 1. The van der Waals surface area contributed by atoms with Crippen molar-refractivity contribution in [3.05, 3.63) is 42.9 Å². The van der Waals surface area contributed by atoms with Crippen molar-refractivity contribution in [2.45, 2.75) is 24.5 Å². The Bertz CT molecular complexity index is 1080. The molecule has 4 rings (SSSR count). The first-order valence-electron chi connectivity index (χ1n) is 8.62. The number of rotatable bonds is 5. The minimum absolute atomic E-state index is 0. The van der Waals surface area contributed by atoms with E-state index in [0.717, 1.165) is 5.56 Å². The SMILES string of the molecule is Nc1ncnc2c1c(-c1ccccc1)cn2[C@@H]1O[C@H](COP(=O)([O-])O)[C@@H](O)[C@H]1O.[Na+]. The molecule has 5 atom stereocenters. The number of aliphatic hydroxyl groups excluding tert-OH is 2. The monoisotopic (exact) mass is 444 g/mol. The zero-order valence-electron chi connectivity index (χ0n) is 15.9. The standard InChI is InChI=1S/C17H19N4O7P.Na/c18-15-12-10(9-4-2-1-3-5-9)6-21(16(12)20-8-19-15)17-14(23)13(22)11(28-17)7-27-29(24,25)26;/h1-6,8,11,13-14,17,22-23H,7H2,(H2,18,19,20)(H2,24,25,26);/q;+1/p-1/t11-,13-,14-,17-;/m1./s1. The van der Waals surface area contributed by atoms with Gasteiger partial charge in [-0.25, -0.2) is 9.97 Å². The van der Waals surface area contributed by atoms with Gasteiger partial charge in [0.05, 0.1) is 12.0 Å². The summed E-state index contributed by atoms with van der Waals surface area (Å²) in [5.41, 5.74) is 7.96. The third-order valence-electron chi connectivity index (χ3n) is 4.74. The minimum atomic E-state index is -5.00. The third kappa shape index (κ3) is 4.46. The van der Waals surface area contributed by atoms with Crippen molar-refractivity contribution < 1.29 is 63.4 Å². The molecular formula is C17H18N4NaO7P. The largest absolute Gasteiger partial charge is 1.00 e. The molecule has 0 aliphatic carbocycles. The molecule has 0 spiro atoms. The quantitative estimate of drug-likeness (QED) is 0.231. The van der Waals surface area contributed by atoms with Crippen molar-refractivity contribution >= 4 is 24.7 Å². The van der Waals surface area contributed by atoms with Gasteiger partial charge in [-0.15, -0.1) is 0 Å². The Morgan fingerprint density at radius 3 is 2.60 bits per heavy atom. The molecule has 1 aliphatic heterocycles. The van der Waals surface area contributed by atoms with Crippen molar-refractivity contribution in [1.82, 2.24) is 14.5 Å². The molecule has 0 radical (unpaired) electrons. The van der Waals surface area contributed by atoms with Crippen LogP contribution in [0.1, 0.15) is 6.23 Å². The summed E-state index contributed by atoms with van der Waals surface area (Å²) >= 11 is 0. The summed E-state index contributed by atoms with van der Waals surface area (Å²) in [6.07, 6.45) is -2.23. The number of benzene rings is 1. The molecule has 3 aromatic rings. The van der Waals surface area contributed by atoms with Gasteiger partial charge in [0.25, 0.3) is 7.82 Å². The van der Waals surface area contributed by atoms with Crippen LogP contribution in [0.3, 0.4) is 0 Å². The maximum Gasteiger partial charge on any atom is 1.00 e. The van der Waals surface area contributed by atoms with Crippen molar-refractivity contribution in [1.29, 1.82) is 0 Å². The van der Waals surface area contributed by atoms with Gasteiger partial charge in [0.15, 0.2) is 6.23 Å². The number of nitrogens with zero attached hydrogens (tertiary/aromatic N) is 3. The Hall–Kier alpha value is -1.37. The van der Waals surface area contributed by atoms with Gasteiger partial charge in [-0.2, -0.15) is 0 Å². The van der Waals surface area contributed by atoms with Gasteiger partial charge >= 0.3 is 29.6 Å². The van der Waals surface area contributed by atoms with Crippen LogP contribution in [0.25, 0.3) is 22.2 Å². The van der Waals surface area contributed by atoms with Crippen LogP contribution in [0.4, 0.5) is 5.82 Å². The number of phosphoric acid groups is 1. The van der Waals surface area contributed by atoms with E-state index in [-0.39, 0.29) is 35.4 Å². The Kier molecular flexibility index (Phi) is 7.00. The predicted molar refractivity (Wildman–Crippen MR) is 99.1 cm³/mol. The van der Waals surface area contributed by atoms with Crippen molar-refractivity contribution in [2.24, 2.45) is 0 Å². The number of aliphatic hydroxyl groups is 2. The van der Waals surface area contributed by atoms with E-state index in [1.54, 1.807) is 6.20 Å². The number of nitrogens with two attached hydrogens (primary N) is 1. The van der Waals surface area contributed by atoms with Gasteiger partial charge in [-0.3, -0.25) is 4.57 Å². The Labute approximate surface area is 193 Å². The molecule has 5 N–H and O–H groups in total. The van der Waals surface area contributed by atoms with Crippen LogP contribution in [0, 0.1) is 0 Å². The second-order valence-corrected chi connectivity index (χ2v) is 7.78. The first kappa shape index (κ1) is 23.3. The molecule has 1 saturated heterocycles. The molecule has 2 aromatic heterocycles. The van der Waals surface area contributed by atoms with E-state index in [2.05, 4.69) is 14.5 Å². The Morgan fingerprint density at radius 1 is 1.23 bits per heavy atom. The van der Waals surface area contributed by atoms with Gasteiger partial charge in [0.1, 0.15) is 36.1 Å². The Balaban J connectivity index is 0.00000256. The average molecular weight is 444 g/mol. The Morgan fingerprint density at radius 2 is 1.93 bits per heavy atom. The molecule has 1 aromatic carbocycles. The molecular weight excluding hydrogens is 426 g/mol. The molecule has 0 amide bonds. The van der Waals surface area contributed by atoms with E-state index in [4.69, 9.17) is 15.4 Å². The van der Waals surface area contributed by atoms with Crippen molar-refractivity contribution in [3.63, 3.8) is 0 Å². The third-order valence-corrected chi connectivity index (χ3v) is 5.21. The van der Waals surface area contributed by atoms with Gasteiger partial charge < -0.3 is 39.6 Å². The number of nitrogen functional groups attached to an aromatic ring is 1. The number of hydrogen-bond acceptors (Lipinski definition) is 9. The summed E-state index contributed by atoms with van der Waals surface area (Å²) < 4.78 is 22.3. The second-order valence-electron chi connectivity index (χ2n) is 6.58. The first-order valence-corrected chi connectivity index (χ1v) is 10.1. The van der Waals surface area contributed by atoms with E-state index in [0.29, 0.717) is 16.6 Å². The summed E-state index contributed by atoms with van der Waals surface area (Å²) in [6, 6.07) is 9.31. The van der Waals surface area contributed by atoms with Crippen molar-refractivity contribution in [3.8, 4) is 11.1 Å². The van der Waals surface area contributed by atoms with Crippen molar-refractivity contribution in [2.75, 3.05) is 12.3 Å². The molecule has 0 saturated carbocycles. The van der Waals surface area contributed by atoms with Crippen LogP contribution in [0.15, 0.2) is 42.9 Å². The fourth-order valence-corrected chi connectivity index (χ4v) is 3.74. The maximum atomic E-state index is 10.8. The number of aromatic nitrogens is 3. The average Bonchev–Trinajstić information content (AvgIpc) is 3.20. The maximum absolute atomic E-state index is 10.8. The molecule has 30 heavy (non-hydrogen) atoms. The topological polar surface area (TPSA) is 176 Å². The summed E-state index contributed by atoms with van der Waals surface area (Å²) in [5.74, 6) is 0.230. The van der Waals surface area contributed by atoms with Gasteiger partial charge in [0, 0.05) is 11.8 Å². The summed E-state index contributed by atoms with van der Waals surface area (Å²) in [5, 5.41) is 21.3. The first-order chi connectivity index (χ1) is 13.8. The number of hydrogen-bond donors (Lipinski definition) is 4. The fraction of sp³-hybridized carbons (Fsp3) is 0.294. The molecule has 1 aliphatic rings. The van der Waals surface area contributed by atoms with E-state index in [1.807, 2.05) is 30.3 Å². The van der Waals surface area contributed by atoms with Crippen LogP contribution in [0.5, 0.6) is 0 Å². The van der Waals surface area contributed by atoms with E-state index in [9.17, 15) is 19.7 Å². The van der Waals surface area contributed by atoms with E-state index >= 15 is 0 Å². The molecule has 1 fully saturated rings. The smallest absolute Gasteiger partial charge is 0.756 e. The molecule has 13 heteroatoms. The second kappa shape index (κ2) is 9.01. The molecule has 0 bridgehead atoms. The van der Waals surface area contributed by atoms with Gasteiger partial charge in [-0.1, -0.05) is 30.3 Å². The predicted octanol–water partition coefficient (Wildman–Crippen LogP) is -3.22. The molecule has 1 unspecified atom stereocenters. The summed E-state index contributed by atoms with van der Waals surface area (Å²) in [6.45, 7) is -0.659. The van der Waals surface area contributed by atoms with E-state index in [1.165, 1.54) is 10.9 Å². The zero-order chi connectivity index (χ0) is 20.8. The van der Waals surface area contributed by atoms with Gasteiger partial charge in [0.2, 0.25) is 0 Å². The molecule has 3 heterocycles. The number of ether oxygens (including phenoxy) is 1. The van der Waals surface area contributed by atoms with Gasteiger partial charge in [-0.05, 0) is 5.56 Å². The normalized spacial score (nSPS) is 25.7. The van der Waals surface area contributed by atoms with Crippen LogP contribution in [-0.2, 0) is 13.8 Å². The molecule has 11 nitrogen and oxygen atoms in total. The van der Waals surface area contributed by atoms with Crippen LogP contribution < -0.4 is 40.2 Å². The zero-order valence-corrected chi connectivity index (χ0v) is 18.8. The summed E-state index contributed by atoms with van der Waals surface area (Å²) in [7, 11) is -5.00.